The average molecular weight is 504 g/mol. The molecule has 0 bridgehead atoms. The molecule has 0 saturated heterocycles. The summed E-state index contributed by atoms with van der Waals surface area (Å²) in [5, 5.41) is 12.9. The van der Waals surface area contributed by atoms with Crippen molar-refractivity contribution >= 4 is 55.5 Å². The molecule has 0 saturated carbocycles. The Labute approximate surface area is 221 Å². The maximum atomic E-state index is 10.5. The zero-order valence-corrected chi connectivity index (χ0v) is 22.3. The lowest BCUT2D eigenvalue weighted by Crippen LogP contribution is -2.49. The third-order valence-corrected chi connectivity index (χ3v) is 8.74. The van der Waals surface area contributed by atoms with Crippen molar-refractivity contribution in [3.05, 3.63) is 91.0 Å². The summed E-state index contributed by atoms with van der Waals surface area (Å²) in [5.41, 5.74) is 3.76. The quantitative estimate of drug-likeness (QED) is 0.260. The fourth-order valence-corrected chi connectivity index (χ4v) is 5.78. The maximum Gasteiger partial charge on any atom is 0.310 e. The standard InChI is InChI=1S/C31H29BN2O2S/c1-30(2,35)31(3,4)36-32-24-14-10-13-22-23-19-20(17-18-27(23)37-28(22)24)29-33-25-15-8-9-16-26(25)34(29)21-11-6-5-7-12-21/h5-19,32,35H,1-4H3. The number of aliphatic hydroxyl groups is 1. The van der Waals surface area contributed by atoms with Gasteiger partial charge in [0.25, 0.3) is 0 Å². The number of thiophene rings is 1. The van der Waals surface area contributed by atoms with Gasteiger partial charge in [-0.05, 0) is 81.0 Å². The van der Waals surface area contributed by atoms with Crippen molar-refractivity contribution in [3.63, 3.8) is 0 Å². The molecule has 37 heavy (non-hydrogen) atoms. The van der Waals surface area contributed by atoms with E-state index in [1.54, 1.807) is 25.2 Å². The van der Waals surface area contributed by atoms with Crippen molar-refractivity contribution < 1.29 is 9.76 Å². The Morgan fingerprint density at radius 3 is 2.38 bits per heavy atom. The topological polar surface area (TPSA) is 47.3 Å². The van der Waals surface area contributed by atoms with Gasteiger partial charge in [-0.25, -0.2) is 4.98 Å². The van der Waals surface area contributed by atoms with Gasteiger partial charge in [-0.15, -0.1) is 11.3 Å². The number of imidazole rings is 1. The Balaban J connectivity index is 1.47. The smallest absolute Gasteiger partial charge is 0.310 e. The van der Waals surface area contributed by atoms with E-state index < -0.39 is 11.2 Å². The molecule has 0 atom stereocenters. The highest BCUT2D eigenvalue weighted by molar-refractivity contribution is 7.27. The number of aromatic nitrogens is 2. The molecule has 6 heteroatoms. The van der Waals surface area contributed by atoms with Crippen LogP contribution < -0.4 is 5.46 Å². The fourth-order valence-electron chi connectivity index (χ4n) is 4.60. The first-order chi connectivity index (χ1) is 17.7. The van der Waals surface area contributed by atoms with E-state index in [-0.39, 0.29) is 0 Å². The molecule has 0 fully saturated rings. The van der Waals surface area contributed by atoms with Gasteiger partial charge in [0.05, 0.1) is 22.2 Å². The molecule has 0 unspecified atom stereocenters. The summed E-state index contributed by atoms with van der Waals surface area (Å²) in [6.07, 6.45) is 0. The molecule has 184 valence electrons. The molecular weight excluding hydrogens is 475 g/mol. The third kappa shape index (κ3) is 4.15. The zero-order valence-electron chi connectivity index (χ0n) is 21.5. The molecule has 6 rings (SSSR count). The summed E-state index contributed by atoms with van der Waals surface area (Å²) in [4.78, 5) is 5.05. The van der Waals surface area contributed by atoms with Gasteiger partial charge in [0.1, 0.15) is 5.82 Å². The number of para-hydroxylation sites is 3. The molecule has 1 N–H and O–H groups in total. The summed E-state index contributed by atoms with van der Waals surface area (Å²) in [5.74, 6) is 0.931. The lowest BCUT2D eigenvalue weighted by Gasteiger charge is -2.37. The molecule has 2 heterocycles. The average Bonchev–Trinajstić information content (AvgIpc) is 3.46. The number of hydrogen-bond acceptors (Lipinski definition) is 4. The molecule has 0 spiro atoms. The minimum absolute atomic E-state index is 0.442. The first-order valence-corrected chi connectivity index (χ1v) is 13.4. The van der Waals surface area contributed by atoms with E-state index in [1.165, 1.54) is 20.2 Å². The van der Waals surface area contributed by atoms with Crippen LogP contribution in [0.4, 0.5) is 0 Å². The Kier molecular flexibility index (Phi) is 5.72. The predicted molar refractivity (Wildman–Crippen MR) is 158 cm³/mol. The number of fused-ring (bicyclic) bond motifs is 4. The van der Waals surface area contributed by atoms with Crippen LogP contribution in [0.5, 0.6) is 0 Å². The molecule has 4 aromatic carbocycles. The van der Waals surface area contributed by atoms with Gasteiger partial charge in [-0.1, -0.05) is 48.5 Å². The van der Waals surface area contributed by atoms with Crippen LogP contribution in [0.2, 0.25) is 0 Å². The molecule has 0 radical (unpaired) electrons. The molecule has 2 aromatic heterocycles. The third-order valence-electron chi connectivity index (χ3n) is 7.47. The Hall–Kier alpha value is -3.45. The van der Waals surface area contributed by atoms with E-state index in [4.69, 9.17) is 9.64 Å². The van der Waals surface area contributed by atoms with Crippen LogP contribution in [0, 0.1) is 0 Å². The second kappa shape index (κ2) is 8.84. The van der Waals surface area contributed by atoms with Gasteiger partial charge in [0, 0.05) is 26.0 Å². The summed E-state index contributed by atoms with van der Waals surface area (Å²) in [7, 11) is 0.442. The van der Waals surface area contributed by atoms with Crippen LogP contribution in [-0.4, -0.2) is 33.3 Å². The number of benzene rings is 4. The number of hydrogen-bond donors (Lipinski definition) is 1. The molecule has 6 aromatic rings. The molecule has 4 nitrogen and oxygen atoms in total. The van der Waals surface area contributed by atoms with E-state index in [1.807, 2.05) is 26.0 Å². The van der Waals surface area contributed by atoms with Crippen LogP contribution in [0.25, 0.3) is 48.3 Å². The summed E-state index contributed by atoms with van der Waals surface area (Å²) >= 11 is 1.79. The monoisotopic (exact) mass is 504 g/mol. The van der Waals surface area contributed by atoms with Crippen molar-refractivity contribution in [2.45, 2.75) is 38.9 Å². The van der Waals surface area contributed by atoms with Gasteiger partial charge >= 0.3 is 7.48 Å². The van der Waals surface area contributed by atoms with E-state index in [9.17, 15) is 5.11 Å². The highest BCUT2D eigenvalue weighted by Gasteiger charge is 2.35. The zero-order chi connectivity index (χ0) is 25.8. The van der Waals surface area contributed by atoms with Crippen LogP contribution in [0.1, 0.15) is 27.7 Å². The number of rotatable bonds is 6. The normalized spacial score (nSPS) is 12.6. The molecule has 0 aliphatic carbocycles. The summed E-state index contributed by atoms with van der Waals surface area (Å²) in [6.45, 7) is 7.45. The van der Waals surface area contributed by atoms with Crippen molar-refractivity contribution in [1.82, 2.24) is 9.55 Å². The van der Waals surface area contributed by atoms with Gasteiger partial charge in [-0.3, -0.25) is 4.57 Å². The molecule has 0 aliphatic heterocycles. The molecular formula is C31H29BN2O2S. The largest absolute Gasteiger partial charge is 0.427 e. The van der Waals surface area contributed by atoms with Crippen LogP contribution >= 0.6 is 11.3 Å². The van der Waals surface area contributed by atoms with Crippen molar-refractivity contribution in [1.29, 1.82) is 0 Å². The van der Waals surface area contributed by atoms with E-state index >= 15 is 0 Å². The van der Waals surface area contributed by atoms with Gasteiger partial charge < -0.3 is 9.76 Å². The first-order valence-electron chi connectivity index (χ1n) is 12.6. The van der Waals surface area contributed by atoms with Crippen molar-refractivity contribution in [2.75, 3.05) is 0 Å². The Morgan fingerprint density at radius 2 is 1.59 bits per heavy atom. The van der Waals surface area contributed by atoms with Crippen molar-refractivity contribution in [3.8, 4) is 17.1 Å². The van der Waals surface area contributed by atoms with Crippen LogP contribution in [-0.2, 0) is 4.65 Å². The summed E-state index contributed by atoms with van der Waals surface area (Å²) < 4.78 is 10.9. The fraction of sp³-hybridized carbons (Fsp3) is 0.194. The minimum Gasteiger partial charge on any atom is -0.427 e. The second-order valence-electron chi connectivity index (χ2n) is 10.6. The van der Waals surface area contributed by atoms with Crippen molar-refractivity contribution in [2.24, 2.45) is 0 Å². The predicted octanol–water partition coefficient (Wildman–Crippen LogP) is 6.60. The second-order valence-corrected chi connectivity index (χ2v) is 11.6. The summed E-state index contributed by atoms with van der Waals surface area (Å²) in [6, 6.07) is 31.7. The van der Waals surface area contributed by atoms with E-state index in [0.29, 0.717) is 7.48 Å². The van der Waals surface area contributed by atoms with Gasteiger partial charge in [0.2, 0.25) is 0 Å². The Bertz CT molecular complexity index is 1750. The highest BCUT2D eigenvalue weighted by atomic mass is 32.1. The lowest BCUT2D eigenvalue weighted by atomic mass is 9.82. The lowest BCUT2D eigenvalue weighted by molar-refractivity contribution is -0.0893. The molecule has 0 amide bonds. The Morgan fingerprint density at radius 1 is 0.838 bits per heavy atom. The van der Waals surface area contributed by atoms with Gasteiger partial charge in [0.15, 0.2) is 0 Å². The number of nitrogens with zero attached hydrogens (tertiary/aromatic N) is 2. The van der Waals surface area contributed by atoms with Crippen LogP contribution in [0.15, 0.2) is 91.0 Å². The molecule has 0 aliphatic rings. The van der Waals surface area contributed by atoms with E-state index in [2.05, 4.69) is 83.4 Å². The first kappa shape index (κ1) is 23.9. The minimum atomic E-state index is -0.944. The van der Waals surface area contributed by atoms with E-state index in [0.717, 1.165) is 33.6 Å². The maximum absolute atomic E-state index is 10.5. The highest BCUT2D eigenvalue weighted by Crippen LogP contribution is 2.37. The van der Waals surface area contributed by atoms with Gasteiger partial charge in [-0.2, -0.15) is 0 Å². The SMILES string of the molecule is CC(C)(O)C(C)(C)OBc1cccc2c1sc1ccc(-c3nc4ccccc4n3-c3ccccc3)cc12. The van der Waals surface area contributed by atoms with Crippen LogP contribution in [0.3, 0.4) is 0 Å².